The van der Waals surface area contributed by atoms with Gasteiger partial charge < -0.3 is 5.11 Å². The molecule has 1 heterocycles. The van der Waals surface area contributed by atoms with E-state index >= 15 is 0 Å². The van der Waals surface area contributed by atoms with E-state index in [1.165, 1.54) is 0 Å². The Balaban J connectivity index is 2.82. The third kappa shape index (κ3) is 2.49. The number of aryl methyl sites for hydroxylation is 1. The molecule has 0 fully saturated rings. The second-order valence-corrected chi connectivity index (χ2v) is 3.35. The Morgan fingerprint density at radius 3 is 2.69 bits per heavy atom. The van der Waals surface area contributed by atoms with Crippen LogP contribution in [0.2, 0.25) is 0 Å². The van der Waals surface area contributed by atoms with Gasteiger partial charge in [-0.2, -0.15) is 0 Å². The molecular weight excluding hydrogens is 164 g/mol. The van der Waals surface area contributed by atoms with Crippen molar-refractivity contribution < 1.29 is 5.11 Å². The first-order valence-corrected chi connectivity index (χ1v) is 4.61. The predicted octanol–water partition coefficient (Wildman–Crippen LogP) is 1.66. The van der Waals surface area contributed by atoms with Crippen molar-refractivity contribution in [1.82, 2.24) is 9.97 Å². The molecule has 1 rings (SSSR count). The summed E-state index contributed by atoms with van der Waals surface area (Å²) in [6, 6.07) is 1.92. The van der Waals surface area contributed by atoms with Gasteiger partial charge in [0.05, 0.1) is 6.10 Å². The maximum atomic E-state index is 9.61. The van der Waals surface area contributed by atoms with Crippen molar-refractivity contribution in [1.29, 1.82) is 0 Å². The molecule has 0 amide bonds. The summed E-state index contributed by atoms with van der Waals surface area (Å²) >= 11 is 0. The molecule has 0 aliphatic rings. The lowest BCUT2D eigenvalue weighted by atomic mass is 9.98. The van der Waals surface area contributed by atoms with Crippen molar-refractivity contribution >= 4 is 0 Å². The van der Waals surface area contributed by atoms with Gasteiger partial charge in [0.2, 0.25) is 0 Å². The van der Waals surface area contributed by atoms with Gasteiger partial charge in [0.1, 0.15) is 6.33 Å². The highest BCUT2D eigenvalue weighted by Gasteiger charge is 2.15. The van der Waals surface area contributed by atoms with E-state index < -0.39 is 0 Å². The summed E-state index contributed by atoms with van der Waals surface area (Å²) in [5.74, 6) is 0.0895. The minimum absolute atomic E-state index is 0.0895. The van der Waals surface area contributed by atoms with Crippen LogP contribution in [0.1, 0.15) is 37.6 Å². The molecule has 1 aromatic heterocycles. The molecule has 72 valence electrons. The second-order valence-electron chi connectivity index (χ2n) is 3.35. The minimum Gasteiger partial charge on any atom is -0.392 e. The average Bonchev–Trinajstić information content (AvgIpc) is 2.15. The third-order valence-corrected chi connectivity index (χ3v) is 2.29. The second kappa shape index (κ2) is 4.33. The van der Waals surface area contributed by atoms with Gasteiger partial charge in [-0.25, -0.2) is 9.97 Å². The van der Waals surface area contributed by atoms with E-state index in [4.69, 9.17) is 0 Å². The number of hydrogen-bond donors (Lipinski definition) is 1. The number of aliphatic hydroxyl groups excluding tert-OH is 1. The largest absolute Gasteiger partial charge is 0.392 e. The Hall–Kier alpha value is -0.960. The van der Waals surface area contributed by atoms with Gasteiger partial charge >= 0.3 is 0 Å². The maximum absolute atomic E-state index is 9.61. The fourth-order valence-corrected chi connectivity index (χ4v) is 1.27. The number of aliphatic hydroxyl groups is 1. The van der Waals surface area contributed by atoms with E-state index in [9.17, 15) is 5.11 Å². The van der Waals surface area contributed by atoms with Crippen LogP contribution in [0, 0.1) is 6.92 Å². The van der Waals surface area contributed by atoms with Gasteiger partial charge in [0, 0.05) is 17.3 Å². The minimum atomic E-state index is -0.311. The molecule has 1 N–H and O–H groups in total. The monoisotopic (exact) mass is 180 g/mol. The van der Waals surface area contributed by atoms with Gasteiger partial charge in [-0.15, -0.1) is 0 Å². The molecule has 2 unspecified atom stereocenters. The van der Waals surface area contributed by atoms with Crippen LogP contribution < -0.4 is 0 Å². The van der Waals surface area contributed by atoms with Gasteiger partial charge in [0.15, 0.2) is 0 Å². The topological polar surface area (TPSA) is 46.0 Å². The van der Waals surface area contributed by atoms with E-state index in [1.807, 2.05) is 26.8 Å². The molecule has 2 atom stereocenters. The molecule has 1 aromatic rings. The molecule has 0 saturated heterocycles. The summed E-state index contributed by atoms with van der Waals surface area (Å²) in [7, 11) is 0. The Kier molecular flexibility index (Phi) is 3.37. The highest BCUT2D eigenvalue weighted by Crippen LogP contribution is 2.18. The van der Waals surface area contributed by atoms with Gasteiger partial charge in [-0.3, -0.25) is 0 Å². The van der Waals surface area contributed by atoms with Crippen molar-refractivity contribution in [2.75, 3.05) is 0 Å². The van der Waals surface area contributed by atoms with Gasteiger partial charge in [-0.05, 0) is 19.4 Å². The Morgan fingerprint density at radius 2 is 2.15 bits per heavy atom. The zero-order valence-corrected chi connectivity index (χ0v) is 8.36. The van der Waals surface area contributed by atoms with E-state index in [2.05, 4.69) is 9.97 Å². The van der Waals surface area contributed by atoms with Crippen molar-refractivity contribution in [3.63, 3.8) is 0 Å². The van der Waals surface area contributed by atoms with E-state index in [0.29, 0.717) is 0 Å². The quantitative estimate of drug-likeness (QED) is 0.769. The SMILES string of the molecule is CCC(O)C(C)c1cc(C)ncn1. The summed E-state index contributed by atoms with van der Waals surface area (Å²) in [5.41, 5.74) is 1.86. The predicted molar refractivity (Wildman–Crippen MR) is 51.5 cm³/mol. The van der Waals surface area contributed by atoms with Crippen LogP contribution in [0.25, 0.3) is 0 Å². The molecule has 0 bridgehead atoms. The van der Waals surface area contributed by atoms with Gasteiger partial charge in [0.25, 0.3) is 0 Å². The first-order valence-electron chi connectivity index (χ1n) is 4.61. The molecule has 0 aromatic carbocycles. The lowest BCUT2D eigenvalue weighted by molar-refractivity contribution is 0.143. The lowest BCUT2D eigenvalue weighted by Crippen LogP contribution is -2.15. The normalized spacial score (nSPS) is 15.4. The molecule has 3 nitrogen and oxygen atoms in total. The van der Waals surface area contributed by atoms with Crippen LogP contribution >= 0.6 is 0 Å². The number of nitrogens with zero attached hydrogens (tertiary/aromatic N) is 2. The van der Waals surface area contributed by atoms with Crippen LogP contribution in [-0.4, -0.2) is 21.2 Å². The van der Waals surface area contributed by atoms with Crippen molar-refractivity contribution in [2.24, 2.45) is 0 Å². The molecular formula is C10H16N2O. The maximum Gasteiger partial charge on any atom is 0.115 e. The zero-order valence-electron chi connectivity index (χ0n) is 8.36. The van der Waals surface area contributed by atoms with Crippen molar-refractivity contribution in [3.05, 3.63) is 23.8 Å². The summed E-state index contributed by atoms with van der Waals surface area (Å²) in [4.78, 5) is 8.15. The lowest BCUT2D eigenvalue weighted by Gasteiger charge is -2.16. The Bertz CT molecular complexity index is 275. The summed E-state index contributed by atoms with van der Waals surface area (Å²) in [6.45, 7) is 5.88. The van der Waals surface area contributed by atoms with Crippen LogP contribution in [0.15, 0.2) is 12.4 Å². The molecule has 0 radical (unpaired) electrons. The summed E-state index contributed by atoms with van der Waals surface area (Å²) in [5, 5.41) is 9.61. The first-order chi connectivity index (χ1) is 6.15. The fraction of sp³-hybridized carbons (Fsp3) is 0.600. The third-order valence-electron chi connectivity index (χ3n) is 2.29. The molecule has 3 heteroatoms. The Labute approximate surface area is 78.9 Å². The molecule has 0 aliphatic carbocycles. The fourth-order valence-electron chi connectivity index (χ4n) is 1.27. The van der Waals surface area contributed by atoms with Crippen molar-refractivity contribution in [2.45, 2.75) is 39.2 Å². The first kappa shape index (κ1) is 10.1. The molecule has 0 saturated carbocycles. The summed E-state index contributed by atoms with van der Waals surface area (Å²) < 4.78 is 0. The van der Waals surface area contributed by atoms with Crippen molar-refractivity contribution in [3.8, 4) is 0 Å². The zero-order chi connectivity index (χ0) is 9.84. The van der Waals surface area contributed by atoms with Crippen LogP contribution in [0.5, 0.6) is 0 Å². The van der Waals surface area contributed by atoms with Crippen LogP contribution in [-0.2, 0) is 0 Å². The van der Waals surface area contributed by atoms with Gasteiger partial charge in [-0.1, -0.05) is 13.8 Å². The highest BCUT2D eigenvalue weighted by molar-refractivity contribution is 5.11. The molecule has 13 heavy (non-hydrogen) atoms. The van der Waals surface area contributed by atoms with E-state index in [0.717, 1.165) is 17.8 Å². The summed E-state index contributed by atoms with van der Waals surface area (Å²) in [6.07, 6.45) is 1.99. The van der Waals surface area contributed by atoms with E-state index in [1.54, 1.807) is 6.33 Å². The number of aromatic nitrogens is 2. The van der Waals surface area contributed by atoms with E-state index in [-0.39, 0.29) is 12.0 Å². The standard InChI is InChI=1S/C10H16N2O/c1-4-10(13)8(3)9-5-7(2)11-6-12-9/h5-6,8,10,13H,4H2,1-3H3. The average molecular weight is 180 g/mol. The van der Waals surface area contributed by atoms with Crippen LogP contribution in [0.3, 0.4) is 0 Å². The van der Waals surface area contributed by atoms with Crippen LogP contribution in [0.4, 0.5) is 0 Å². The number of hydrogen-bond acceptors (Lipinski definition) is 3. The number of rotatable bonds is 3. The smallest absolute Gasteiger partial charge is 0.115 e. The highest BCUT2D eigenvalue weighted by atomic mass is 16.3. The Morgan fingerprint density at radius 1 is 1.46 bits per heavy atom. The molecule has 0 aliphatic heterocycles. The molecule has 0 spiro atoms.